The van der Waals surface area contributed by atoms with Gasteiger partial charge in [-0.3, -0.25) is 9.63 Å². The van der Waals surface area contributed by atoms with Gasteiger partial charge in [-0.05, 0) is 37.0 Å². The number of carbonyl (C=O) groups is 1. The van der Waals surface area contributed by atoms with Gasteiger partial charge >= 0.3 is 6.61 Å². The molecule has 110 valence electrons. The first-order valence-corrected chi connectivity index (χ1v) is 6.15. The van der Waals surface area contributed by atoms with Crippen LogP contribution in [-0.2, 0) is 4.84 Å². The van der Waals surface area contributed by atoms with Gasteiger partial charge in [-0.1, -0.05) is 0 Å². The zero-order valence-corrected chi connectivity index (χ0v) is 10.9. The molecule has 0 spiro atoms. The number of hydrogen-bond acceptors (Lipinski definition) is 4. The van der Waals surface area contributed by atoms with Crippen molar-refractivity contribution in [3.05, 3.63) is 23.8 Å². The number of carbonyl (C=O) groups excluding carboxylic acids is 1. The Morgan fingerprint density at radius 1 is 1.40 bits per heavy atom. The van der Waals surface area contributed by atoms with Crippen LogP contribution in [0.3, 0.4) is 0 Å². The van der Waals surface area contributed by atoms with Crippen LogP contribution in [0.1, 0.15) is 23.2 Å². The highest BCUT2D eigenvalue weighted by atomic mass is 19.3. The van der Waals surface area contributed by atoms with Gasteiger partial charge in [0.2, 0.25) is 0 Å². The molecule has 2 rings (SSSR count). The smallest absolute Gasteiger partial charge is 0.387 e. The van der Waals surface area contributed by atoms with Crippen molar-refractivity contribution in [2.45, 2.75) is 19.5 Å². The lowest BCUT2D eigenvalue weighted by atomic mass is 10.2. The normalized spacial score (nSPS) is 14.2. The molecule has 1 amide bonds. The zero-order chi connectivity index (χ0) is 14.5. The van der Waals surface area contributed by atoms with E-state index in [9.17, 15) is 13.6 Å². The minimum Gasteiger partial charge on any atom is -0.489 e. The molecule has 0 saturated heterocycles. The summed E-state index contributed by atoms with van der Waals surface area (Å²) in [5, 5.41) is 0. The minimum atomic E-state index is -2.95. The average Bonchev–Trinajstić information content (AvgIpc) is 3.21. The van der Waals surface area contributed by atoms with E-state index in [0.29, 0.717) is 12.5 Å². The third-order valence-corrected chi connectivity index (χ3v) is 2.79. The summed E-state index contributed by atoms with van der Waals surface area (Å²) < 4.78 is 34.5. The van der Waals surface area contributed by atoms with Gasteiger partial charge in [0.1, 0.15) is 0 Å². The van der Waals surface area contributed by atoms with Gasteiger partial charge < -0.3 is 9.47 Å². The molecule has 7 heteroatoms. The van der Waals surface area contributed by atoms with Crippen molar-refractivity contribution < 1.29 is 27.9 Å². The van der Waals surface area contributed by atoms with Gasteiger partial charge in [-0.25, -0.2) is 5.48 Å². The van der Waals surface area contributed by atoms with Crippen molar-refractivity contribution in [1.29, 1.82) is 0 Å². The number of benzene rings is 1. The van der Waals surface area contributed by atoms with Gasteiger partial charge in [-0.15, -0.1) is 0 Å². The van der Waals surface area contributed by atoms with Crippen molar-refractivity contribution >= 4 is 5.91 Å². The quantitative estimate of drug-likeness (QED) is 0.782. The number of halogens is 2. The molecule has 1 aliphatic rings. The Labute approximate surface area is 114 Å². The van der Waals surface area contributed by atoms with E-state index in [-0.39, 0.29) is 17.1 Å². The molecule has 1 aromatic rings. The first-order chi connectivity index (χ1) is 9.60. The van der Waals surface area contributed by atoms with Crippen LogP contribution in [0.25, 0.3) is 0 Å². The van der Waals surface area contributed by atoms with Gasteiger partial charge in [0, 0.05) is 5.56 Å². The Hall–Kier alpha value is -1.89. The maximum absolute atomic E-state index is 12.3. The van der Waals surface area contributed by atoms with E-state index in [0.717, 1.165) is 12.8 Å². The fourth-order valence-corrected chi connectivity index (χ4v) is 1.60. The lowest BCUT2D eigenvalue weighted by molar-refractivity contribution is -0.0515. The number of nitrogens with one attached hydrogen (secondary N) is 1. The van der Waals surface area contributed by atoms with Crippen LogP contribution in [0.15, 0.2) is 18.2 Å². The van der Waals surface area contributed by atoms with Gasteiger partial charge in [0.25, 0.3) is 5.91 Å². The van der Waals surface area contributed by atoms with Crippen LogP contribution in [0, 0.1) is 5.92 Å². The number of ether oxygens (including phenoxy) is 2. The van der Waals surface area contributed by atoms with Crippen molar-refractivity contribution in [2.75, 3.05) is 13.7 Å². The highest BCUT2D eigenvalue weighted by Crippen LogP contribution is 2.34. The third-order valence-electron chi connectivity index (χ3n) is 2.79. The van der Waals surface area contributed by atoms with Crippen LogP contribution in [0.2, 0.25) is 0 Å². The summed E-state index contributed by atoms with van der Waals surface area (Å²) in [7, 11) is 1.30. The molecular formula is C13H15F2NO4. The summed E-state index contributed by atoms with van der Waals surface area (Å²) in [6, 6.07) is 3.99. The van der Waals surface area contributed by atoms with Crippen LogP contribution in [0.5, 0.6) is 11.5 Å². The number of hydroxylamine groups is 1. The third kappa shape index (κ3) is 4.06. The van der Waals surface area contributed by atoms with E-state index >= 15 is 0 Å². The first-order valence-electron chi connectivity index (χ1n) is 6.15. The highest BCUT2D eigenvalue weighted by molar-refractivity contribution is 5.94. The Kier molecular flexibility index (Phi) is 4.73. The standard InChI is InChI=1S/C13H15F2NO4/c1-18-16-12(17)9-4-5-10(20-13(14)15)11(6-9)19-7-8-2-3-8/h4-6,8,13H,2-3,7H2,1H3,(H,16,17). The van der Waals surface area contributed by atoms with Crippen molar-refractivity contribution in [3.63, 3.8) is 0 Å². The minimum absolute atomic E-state index is 0.0883. The Bertz CT molecular complexity index is 477. The van der Waals surface area contributed by atoms with E-state index in [1.807, 2.05) is 0 Å². The van der Waals surface area contributed by atoms with Crippen molar-refractivity contribution in [2.24, 2.45) is 5.92 Å². The fraction of sp³-hybridized carbons (Fsp3) is 0.462. The molecule has 1 fully saturated rings. The highest BCUT2D eigenvalue weighted by Gasteiger charge is 2.23. The topological polar surface area (TPSA) is 56.8 Å². The second kappa shape index (κ2) is 6.51. The Balaban J connectivity index is 2.15. The maximum atomic E-state index is 12.3. The lowest BCUT2D eigenvalue weighted by Gasteiger charge is -2.13. The van der Waals surface area contributed by atoms with E-state index in [4.69, 9.17) is 4.74 Å². The first kappa shape index (κ1) is 14.5. The predicted octanol–water partition coefficient (Wildman–Crippen LogP) is 2.37. The number of amides is 1. The molecule has 20 heavy (non-hydrogen) atoms. The van der Waals surface area contributed by atoms with E-state index in [2.05, 4.69) is 15.1 Å². The Morgan fingerprint density at radius 2 is 2.15 bits per heavy atom. The van der Waals surface area contributed by atoms with E-state index < -0.39 is 12.5 Å². The second-order valence-electron chi connectivity index (χ2n) is 4.43. The predicted molar refractivity (Wildman–Crippen MR) is 65.8 cm³/mol. The lowest BCUT2D eigenvalue weighted by Crippen LogP contribution is -2.21. The molecule has 0 unspecified atom stereocenters. The summed E-state index contributed by atoms with van der Waals surface area (Å²) in [4.78, 5) is 16.1. The molecule has 0 radical (unpaired) electrons. The number of rotatable bonds is 7. The van der Waals surface area contributed by atoms with Crippen LogP contribution in [-0.4, -0.2) is 26.2 Å². The Morgan fingerprint density at radius 3 is 2.75 bits per heavy atom. The summed E-state index contributed by atoms with van der Waals surface area (Å²) in [6.45, 7) is -2.52. The maximum Gasteiger partial charge on any atom is 0.387 e. The fourth-order valence-electron chi connectivity index (χ4n) is 1.60. The largest absolute Gasteiger partial charge is 0.489 e. The zero-order valence-electron chi connectivity index (χ0n) is 10.9. The summed E-state index contributed by atoms with van der Waals surface area (Å²) in [6.07, 6.45) is 2.13. The van der Waals surface area contributed by atoms with Crippen LogP contribution in [0.4, 0.5) is 8.78 Å². The van der Waals surface area contributed by atoms with E-state index in [1.165, 1.54) is 25.3 Å². The molecule has 1 saturated carbocycles. The monoisotopic (exact) mass is 287 g/mol. The number of alkyl halides is 2. The molecule has 0 aromatic heterocycles. The second-order valence-corrected chi connectivity index (χ2v) is 4.43. The summed E-state index contributed by atoms with van der Waals surface area (Å²) in [5.74, 6) is -0.00574. The molecule has 5 nitrogen and oxygen atoms in total. The van der Waals surface area contributed by atoms with Gasteiger partial charge in [0.15, 0.2) is 11.5 Å². The van der Waals surface area contributed by atoms with Crippen molar-refractivity contribution in [3.8, 4) is 11.5 Å². The summed E-state index contributed by atoms with van der Waals surface area (Å²) >= 11 is 0. The van der Waals surface area contributed by atoms with Crippen molar-refractivity contribution in [1.82, 2.24) is 5.48 Å². The van der Waals surface area contributed by atoms with Crippen LogP contribution < -0.4 is 15.0 Å². The molecule has 0 heterocycles. The molecular weight excluding hydrogens is 272 g/mol. The van der Waals surface area contributed by atoms with Gasteiger partial charge in [-0.2, -0.15) is 8.78 Å². The molecule has 1 aromatic carbocycles. The summed E-state index contributed by atoms with van der Waals surface area (Å²) in [5.41, 5.74) is 2.38. The number of hydrogen-bond donors (Lipinski definition) is 1. The SMILES string of the molecule is CONC(=O)c1ccc(OC(F)F)c(OCC2CC2)c1. The average molecular weight is 287 g/mol. The van der Waals surface area contributed by atoms with Gasteiger partial charge in [0.05, 0.1) is 13.7 Å². The molecule has 1 aliphatic carbocycles. The van der Waals surface area contributed by atoms with E-state index in [1.54, 1.807) is 0 Å². The molecule has 0 bridgehead atoms. The van der Waals surface area contributed by atoms with Crippen LogP contribution >= 0.6 is 0 Å². The molecule has 1 N–H and O–H groups in total. The molecule has 0 atom stereocenters. The molecule has 0 aliphatic heterocycles.